The number of nitrogens with zero attached hydrogens (tertiary/aromatic N) is 1. The van der Waals surface area contributed by atoms with E-state index in [0.29, 0.717) is 12.1 Å². The number of nitro benzene ring substituents is 1. The third-order valence-corrected chi connectivity index (χ3v) is 3.54. The maximum atomic E-state index is 11.0. The summed E-state index contributed by atoms with van der Waals surface area (Å²) in [4.78, 5) is 10.5. The molecule has 1 atom stereocenters. The highest BCUT2D eigenvalue weighted by Crippen LogP contribution is 2.35. The molecule has 5 nitrogen and oxygen atoms in total. The van der Waals surface area contributed by atoms with Crippen molar-refractivity contribution in [3.63, 3.8) is 0 Å². The number of benzene rings is 1. The number of nitro groups is 1. The van der Waals surface area contributed by atoms with Crippen molar-refractivity contribution < 1.29 is 10.0 Å². The summed E-state index contributed by atoms with van der Waals surface area (Å²) in [6.45, 7) is 3.94. The average Bonchev–Trinajstić information content (AvgIpc) is 2.32. The van der Waals surface area contributed by atoms with Crippen LogP contribution in [0.3, 0.4) is 0 Å². The molecule has 0 saturated heterocycles. The van der Waals surface area contributed by atoms with E-state index < -0.39 is 4.92 Å². The number of hydrogen-bond acceptors (Lipinski definition) is 4. The van der Waals surface area contributed by atoms with Gasteiger partial charge in [0.05, 0.1) is 15.0 Å². The molecule has 106 valence electrons. The van der Waals surface area contributed by atoms with E-state index in [1.54, 1.807) is 0 Å². The molecule has 1 aromatic rings. The molecule has 2 N–H and O–H groups in total. The lowest BCUT2D eigenvalue weighted by atomic mass is 10.0. The van der Waals surface area contributed by atoms with Crippen LogP contribution in [0, 0.1) is 16.0 Å². The van der Waals surface area contributed by atoms with Crippen molar-refractivity contribution in [2.75, 3.05) is 11.9 Å². The molecule has 1 unspecified atom stereocenters. The molecule has 0 aromatic heterocycles. The summed E-state index contributed by atoms with van der Waals surface area (Å²) < 4.78 is 0. The molecule has 0 bridgehead atoms. The van der Waals surface area contributed by atoms with Crippen LogP contribution in [0.4, 0.5) is 11.4 Å². The Morgan fingerprint density at radius 3 is 2.42 bits per heavy atom. The van der Waals surface area contributed by atoms with Gasteiger partial charge in [-0.05, 0) is 18.4 Å². The van der Waals surface area contributed by atoms with Gasteiger partial charge in [0.15, 0.2) is 0 Å². The monoisotopic (exact) mass is 306 g/mol. The van der Waals surface area contributed by atoms with Crippen LogP contribution < -0.4 is 5.32 Å². The Hall–Kier alpha value is -1.04. The Balaban J connectivity index is 3.10. The minimum absolute atomic E-state index is 0.00493. The molecule has 0 fully saturated rings. The van der Waals surface area contributed by atoms with Crippen molar-refractivity contribution in [3.8, 4) is 0 Å². The third kappa shape index (κ3) is 4.23. The number of aliphatic hydroxyl groups is 1. The summed E-state index contributed by atoms with van der Waals surface area (Å²) in [6.07, 6.45) is 0.495. The smallest absolute Gasteiger partial charge is 0.293 e. The van der Waals surface area contributed by atoms with Crippen molar-refractivity contribution in [1.29, 1.82) is 0 Å². The SMILES string of the molecule is CC(C)C(CCO)Nc1cc(Cl)c(Cl)cc1[N+](=O)[O-]. The van der Waals surface area contributed by atoms with Crippen molar-refractivity contribution >= 4 is 34.6 Å². The van der Waals surface area contributed by atoms with E-state index in [1.807, 2.05) is 13.8 Å². The van der Waals surface area contributed by atoms with E-state index in [1.165, 1.54) is 12.1 Å². The van der Waals surface area contributed by atoms with Crippen molar-refractivity contribution in [1.82, 2.24) is 0 Å². The average molecular weight is 307 g/mol. The second-order valence-electron chi connectivity index (χ2n) is 4.55. The topological polar surface area (TPSA) is 75.4 Å². The lowest BCUT2D eigenvalue weighted by molar-refractivity contribution is -0.384. The zero-order valence-corrected chi connectivity index (χ0v) is 12.2. The molecular weight excluding hydrogens is 291 g/mol. The summed E-state index contributed by atoms with van der Waals surface area (Å²) >= 11 is 11.7. The van der Waals surface area contributed by atoms with E-state index in [0.717, 1.165) is 0 Å². The van der Waals surface area contributed by atoms with Crippen LogP contribution in [0.15, 0.2) is 12.1 Å². The number of aliphatic hydroxyl groups excluding tert-OH is 1. The van der Waals surface area contributed by atoms with Crippen LogP contribution >= 0.6 is 23.2 Å². The van der Waals surface area contributed by atoms with Crippen LogP contribution in [-0.2, 0) is 0 Å². The highest BCUT2D eigenvalue weighted by Gasteiger charge is 2.21. The van der Waals surface area contributed by atoms with Gasteiger partial charge in [0.1, 0.15) is 5.69 Å². The molecule has 0 radical (unpaired) electrons. The van der Waals surface area contributed by atoms with Crippen molar-refractivity contribution in [2.45, 2.75) is 26.3 Å². The van der Waals surface area contributed by atoms with E-state index in [4.69, 9.17) is 28.3 Å². The standard InChI is InChI=1S/C12H16Cl2N2O3/c1-7(2)10(3-4-17)15-11-5-8(13)9(14)6-12(11)16(18)19/h5-7,10,15,17H,3-4H2,1-2H3. The van der Waals surface area contributed by atoms with Gasteiger partial charge in [0.2, 0.25) is 0 Å². The van der Waals surface area contributed by atoms with Crippen LogP contribution in [0.5, 0.6) is 0 Å². The zero-order chi connectivity index (χ0) is 14.6. The summed E-state index contributed by atoms with van der Waals surface area (Å²) in [5.41, 5.74) is 0.185. The predicted molar refractivity (Wildman–Crippen MR) is 77.1 cm³/mol. The van der Waals surface area contributed by atoms with Gasteiger partial charge in [-0.2, -0.15) is 0 Å². The van der Waals surface area contributed by atoms with Crippen LogP contribution in [-0.4, -0.2) is 22.7 Å². The van der Waals surface area contributed by atoms with E-state index in [2.05, 4.69) is 5.32 Å². The van der Waals surface area contributed by atoms with Gasteiger partial charge in [-0.15, -0.1) is 0 Å². The molecule has 0 amide bonds. The second-order valence-corrected chi connectivity index (χ2v) is 5.36. The van der Waals surface area contributed by atoms with Gasteiger partial charge in [-0.3, -0.25) is 10.1 Å². The quantitative estimate of drug-likeness (QED) is 0.620. The number of nitrogens with one attached hydrogen (secondary N) is 1. The molecule has 0 spiro atoms. The molecule has 1 aromatic carbocycles. The Kier molecular flexibility index (Phi) is 5.85. The minimum atomic E-state index is -0.513. The van der Waals surface area contributed by atoms with Crippen LogP contribution in [0.1, 0.15) is 20.3 Å². The normalized spacial score (nSPS) is 12.5. The van der Waals surface area contributed by atoms with Crippen molar-refractivity contribution in [3.05, 3.63) is 32.3 Å². The first kappa shape index (κ1) is 16.0. The van der Waals surface area contributed by atoms with Gasteiger partial charge >= 0.3 is 0 Å². The summed E-state index contributed by atoms with van der Waals surface area (Å²) in [7, 11) is 0. The first-order valence-electron chi connectivity index (χ1n) is 5.87. The number of anilines is 1. The molecule has 7 heteroatoms. The van der Waals surface area contributed by atoms with Gasteiger partial charge in [-0.1, -0.05) is 37.0 Å². The van der Waals surface area contributed by atoms with E-state index >= 15 is 0 Å². The van der Waals surface area contributed by atoms with Gasteiger partial charge < -0.3 is 10.4 Å². The lowest BCUT2D eigenvalue weighted by Crippen LogP contribution is -2.27. The molecule has 0 saturated carbocycles. The summed E-state index contributed by atoms with van der Waals surface area (Å²) in [6, 6.07) is 2.58. The number of hydrogen-bond donors (Lipinski definition) is 2. The van der Waals surface area contributed by atoms with E-state index in [9.17, 15) is 10.1 Å². The molecule has 0 heterocycles. The first-order chi connectivity index (χ1) is 8.86. The fourth-order valence-electron chi connectivity index (χ4n) is 1.71. The highest BCUT2D eigenvalue weighted by atomic mass is 35.5. The molecule has 19 heavy (non-hydrogen) atoms. The second kappa shape index (κ2) is 6.93. The zero-order valence-electron chi connectivity index (χ0n) is 10.7. The Labute approximate surface area is 121 Å². The first-order valence-corrected chi connectivity index (χ1v) is 6.63. The Bertz CT molecular complexity index is 467. The maximum absolute atomic E-state index is 11.0. The summed E-state index contributed by atoms with van der Waals surface area (Å²) in [5, 5.41) is 23.5. The third-order valence-electron chi connectivity index (χ3n) is 2.82. The van der Waals surface area contributed by atoms with E-state index in [-0.39, 0.29) is 34.3 Å². The minimum Gasteiger partial charge on any atom is -0.396 e. The predicted octanol–water partition coefficient (Wildman–Crippen LogP) is 3.72. The fraction of sp³-hybridized carbons (Fsp3) is 0.500. The largest absolute Gasteiger partial charge is 0.396 e. The Morgan fingerprint density at radius 1 is 1.37 bits per heavy atom. The molecular formula is C12H16Cl2N2O3. The summed E-state index contributed by atoms with van der Waals surface area (Å²) in [5.74, 6) is 0.209. The van der Waals surface area contributed by atoms with Gasteiger partial charge in [-0.25, -0.2) is 0 Å². The van der Waals surface area contributed by atoms with Crippen LogP contribution in [0.25, 0.3) is 0 Å². The molecule has 1 rings (SSSR count). The highest BCUT2D eigenvalue weighted by molar-refractivity contribution is 6.42. The maximum Gasteiger partial charge on any atom is 0.293 e. The van der Waals surface area contributed by atoms with Gasteiger partial charge in [0.25, 0.3) is 5.69 Å². The number of rotatable bonds is 6. The molecule has 0 aliphatic carbocycles. The number of halogens is 2. The van der Waals surface area contributed by atoms with Crippen LogP contribution in [0.2, 0.25) is 10.0 Å². The lowest BCUT2D eigenvalue weighted by Gasteiger charge is -2.22. The fourth-order valence-corrected chi connectivity index (χ4v) is 2.04. The van der Waals surface area contributed by atoms with Crippen molar-refractivity contribution in [2.24, 2.45) is 5.92 Å². The molecule has 0 aliphatic heterocycles. The Morgan fingerprint density at radius 2 is 1.95 bits per heavy atom. The molecule has 0 aliphatic rings. The van der Waals surface area contributed by atoms with Gasteiger partial charge in [0, 0.05) is 18.7 Å².